The monoisotopic (exact) mass is 154 g/mol. The van der Waals surface area contributed by atoms with Crippen LogP contribution in [0.4, 0.5) is 0 Å². The van der Waals surface area contributed by atoms with Crippen LogP contribution in [-0.2, 0) is 0 Å². The minimum absolute atomic E-state index is 0.759. The summed E-state index contributed by atoms with van der Waals surface area (Å²) in [7, 11) is 0. The van der Waals surface area contributed by atoms with Crippen LogP contribution >= 0.6 is 0 Å². The van der Waals surface area contributed by atoms with Gasteiger partial charge in [-0.05, 0) is 18.3 Å². The molecule has 0 bridgehead atoms. The lowest BCUT2D eigenvalue weighted by molar-refractivity contribution is 0.619. The zero-order valence-electron chi connectivity index (χ0n) is 8.43. The summed E-state index contributed by atoms with van der Waals surface area (Å²) in [5.74, 6) is 1.53. The van der Waals surface area contributed by atoms with Gasteiger partial charge < -0.3 is 0 Å². The molecule has 0 nitrogen and oxygen atoms in total. The van der Waals surface area contributed by atoms with E-state index in [0.29, 0.717) is 0 Å². The van der Waals surface area contributed by atoms with E-state index in [4.69, 9.17) is 0 Å². The predicted molar refractivity (Wildman–Crippen MR) is 52.7 cm³/mol. The van der Waals surface area contributed by atoms with E-state index in [1.807, 2.05) is 0 Å². The molecule has 0 aromatic heterocycles. The summed E-state index contributed by atoms with van der Waals surface area (Å²) in [5, 5.41) is 0. The Hall–Kier alpha value is -0.260. The molecule has 0 saturated carbocycles. The van der Waals surface area contributed by atoms with E-state index in [1.54, 1.807) is 0 Å². The van der Waals surface area contributed by atoms with Gasteiger partial charge in [0.05, 0.1) is 0 Å². The third kappa shape index (κ3) is 6.15. The second-order valence-electron chi connectivity index (χ2n) is 3.54. The van der Waals surface area contributed by atoms with E-state index in [0.717, 1.165) is 11.8 Å². The number of hydrogen-bond donors (Lipinski definition) is 0. The van der Waals surface area contributed by atoms with E-state index in [9.17, 15) is 0 Å². The Balaban J connectivity index is 3.54. The van der Waals surface area contributed by atoms with Crippen molar-refractivity contribution in [1.82, 2.24) is 0 Å². The molecule has 66 valence electrons. The first kappa shape index (κ1) is 10.7. The third-order valence-corrected chi connectivity index (χ3v) is 2.16. The van der Waals surface area contributed by atoms with Crippen molar-refractivity contribution in [3.63, 3.8) is 0 Å². The maximum atomic E-state index is 2.36. The Bertz CT molecular complexity index is 103. The number of allylic oxidation sites excluding steroid dienone is 2. The van der Waals surface area contributed by atoms with Crippen LogP contribution in [0.1, 0.15) is 47.0 Å². The van der Waals surface area contributed by atoms with Crippen LogP contribution in [0.15, 0.2) is 12.2 Å². The molecule has 0 heteroatoms. The fourth-order valence-electron chi connectivity index (χ4n) is 1.07. The van der Waals surface area contributed by atoms with Crippen LogP contribution in [0.3, 0.4) is 0 Å². The Morgan fingerprint density at radius 1 is 1.00 bits per heavy atom. The molecule has 0 heterocycles. The molecule has 0 radical (unpaired) electrons. The molecule has 0 aliphatic rings. The SMILES string of the molecule is CCC[C@H](C)/C=C/[C@H](C)CC. The predicted octanol–water partition coefficient (Wildman–Crippen LogP) is 4.02. The van der Waals surface area contributed by atoms with Crippen molar-refractivity contribution >= 4 is 0 Å². The van der Waals surface area contributed by atoms with Gasteiger partial charge in [0.1, 0.15) is 0 Å². The molecule has 0 saturated heterocycles. The fraction of sp³-hybridized carbons (Fsp3) is 0.818. The van der Waals surface area contributed by atoms with Crippen molar-refractivity contribution in [1.29, 1.82) is 0 Å². The molecule has 0 amide bonds. The van der Waals surface area contributed by atoms with Crippen LogP contribution in [0.2, 0.25) is 0 Å². The second kappa shape index (κ2) is 6.45. The standard InChI is InChI=1S/C11H22/c1-5-7-11(4)9-8-10(3)6-2/h8-11H,5-7H2,1-4H3/b9-8+/t10-,11+/m1/s1. The van der Waals surface area contributed by atoms with Crippen molar-refractivity contribution in [3.05, 3.63) is 12.2 Å². The van der Waals surface area contributed by atoms with E-state index >= 15 is 0 Å². The van der Waals surface area contributed by atoms with E-state index in [1.165, 1.54) is 19.3 Å². The molecule has 0 rings (SSSR count). The van der Waals surface area contributed by atoms with Gasteiger partial charge in [-0.3, -0.25) is 0 Å². The van der Waals surface area contributed by atoms with Gasteiger partial charge in [-0.25, -0.2) is 0 Å². The lowest BCUT2D eigenvalue weighted by Crippen LogP contribution is -1.90. The van der Waals surface area contributed by atoms with Gasteiger partial charge in [0.15, 0.2) is 0 Å². The zero-order chi connectivity index (χ0) is 8.69. The van der Waals surface area contributed by atoms with Crippen molar-refractivity contribution < 1.29 is 0 Å². The Kier molecular flexibility index (Phi) is 6.30. The van der Waals surface area contributed by atoms with Gasteiger partial charge in [0.25, 0.3) is 0 Å². The second-order valence-corrected chi connectivity index (χ2v) is 3.54. The highest BCUT2D eigenvalue weighted by Gasteiger charge is 1.95. The molecule has 0 aliphatic heterocycles. The first-order valence-electron chi connectivity index (χ1n) is 4.89. The van der Waals surface area contributed by atoms with Gasteiger partial charge in [0, 0.05) is 0 Å². The Labute approximate surface area is 71.7 Å². The molecule has 0 aromatic carbocycles. The molecule has 0 aromatic rings. The maximum Gasteiger partial charge on any atom is -0.0262 e. The van der Waals surface area contributed by atoms with Crippen molar-refractivity contribution in [2.45, 2.75) is 47.0 Å². The lowest BCUT2D eigenvalue weighted by Gasteiger charge is -2.04. The van der Waals surface area contributed by atoms with Crippen LogP contribution in [0, 0.1) is 11.8 Å². The lowest BCUT2D eigenvalue weighted by atomic mass is 10.0. The molecule has 0 spiro atoms. The molecular weight excluding hydrogens is 132 g/mol. The minimum atomic E-state index is 0.759. The molecular formula is C11H22. The summed E-state index contributed by atoms with van der Waals surface area (Å²) in [6, 6.07) is 0. The van der Waals surface area contributed by atoms with Gasteiger partial charge in [0.2, 0.25) is 0 Å². The quantitative estimate of drug-likeness (QED) is 0.524. The molecule has 11 heavy (non-hydrogen) atoms. The topological polar surface area (TPSA) is 0 Å². The smallest absolute Gasteiger partial charge is 0.0262 e. The van der Waals surface area contributed by atoms with E-state index < -0.39 is 0 Å². The largest absolute Gasteiger partial charge is 0.0854 e. The summed E-state index contributed by atoms with van der Waals surface area (Å²) in [6.07, 6.45) is 8.59. The average molecular weight is 154 g/mol. The normalized spacial score (nSPS) is 17.1. The van der Waals surface area contributed by atoms with Gasteiger partial charge >= 0.3 is 0 Å². The highest BCUT2D eigenvalue weighted by atomic mass is 14.0. The van der Waals surface area contributed by atoms with Crippen LogP contribution in [-0.4, -0.2) is 0 Å². The number of hydrogen-bond acceptors (Lipinski definition) is 0. The fourth-order valence-corrected chi connectivity index (χ4v) is 1.07. The highest BCUT2D eigenvalue weighted by Crippen LogP contribution is 2.09. The summed E-state index contributed by atoms with van der Waals surface area (Å²) in [6.45, 7) is 9.05. The molecule has 0 aliphatic carbocycles. The minimum Gasteiger partial charge on any atom is -0.0854 e. The van der Waals surface area contributed by atoms with Crippen molar-refractivity contribution in [2.24, 2.45) is 11.8 Å². The van der Waals surface area contributed by atoms with Crippen molar-refractivity contribution in [2.75, 3.05) is 0 Å². The van der Waals surface area contributed by atoms with Gasteiger partial charge in [-0.2, -0.15) is 0 Å². The average Bonchev–Trinajstić information content (AvgIpc) is 2.01. The number of rotatable bonds is 5. The zero-order valence-corrected chi connectivity index (χ0v) is 8.43. The first-order valence-corrected chi connectivity index (χ1v) is 4.89. The van der Waals surface area contributed by atoms with E-state index in [2.05, 4.69) is 39.8 Å². The van der Waals surface area contributed by atoms with Gasteiger partial charge in [-0.15, -0.1) is 0 Å². The summed E-state index contributed by atoms with van der Waals surface area (Å²) in [5.41, 5.74) is 0. The van der Waals surface area contributed by atoms with Crippen molar-refractivity contribution in [3.8, 4) is 0 Å². The summed E-state index contributed by atoms with van der Waals surface area (Å²) in [4.78, 5) is 0. The van der Waals surface area contributed by atoms with Crippen LogP contribution in [0.5, 0.6) is 0 Å². The summed E-state index contributed by atoms with van der Waals surface area (Å²) >= 11 is 0. The van der Waals surface area contributed by atoms with E-state index in [-0.39, 0.29) is 0 Å². The highest BCUT2D eigenvalue weighted by molar-refractivity contribution is 4.89. The maximum absolute atomic E-state index is 2.36. The first-order chi connectivity index (χ1) is 5.20. The van der Waals surface area contributed by atoms with Crippen LogP contribution in [0.25, 0.3) is 0 Å². The molecule has 0 fully saturated rings. The Morgan fingerprint density at radius 3 is 2.00 bits per heavy atom. The summed E-state index contributed by atoms with van der Waals surface area (Å²) < 4.78 is 0. The third-order valence-electron chi connectivity index (χ3n) is 2.16. The van der Waals surface area contributed by atoms with Gasteiger partial charge in [-0.1, -0.05) is 52.7 Å². The molecule has 0 N–H and O–H groups in total. The molecule has 0 unspecified atom stereocenters. The Morgan fingerprint density at radius 2 is 1.55 bits per heavy atom. The molecule has 2 atom stereocenters. The van der Waals surface area contributed by atoms with Crippen LogP contribution < -0.4 is 0 Å².